The van der Waals surface area contributed by atoms with Crippen LogP contribution in [0.2, 0.25) is 0 Å². The highest BCUT2D eigenvalue weighted by atomic mass is 35.5. The molecular weight excluding hydrogens is 278 g/mol. The van der Waals surface area contributed by atoms with Crippen molar-refractivity contribution >= 4 is 12.4 Å². The van der Waals surface area contributed by atoms with Gasteiger partial charge in [-0.25, -0.2) is 0 Å². The van der Waals surface area contributed by atoms with Gasteiger partial charge in [-0.05, 0) is 23.6 Å². The molecule has 2 rings (SSSR count). The van der Waals surface area contributed by atoms with E-state index in [0.29, 0.717) is 18.1 Å². The molecule has 0 amide bonds. The molecule has 1 aromatic carbocycles. The molecule has 6 heteroatoms. The molecule has 0 saturated carbocycles. The van der Waals surface area contributed by atoms with Crippen LogP contribution >= 0.6 is 12.4 Å². The van der Waals surface area contributed by atoms with Crippen LogP contribution in [0, 0.1) is 5.92 Å². The van der Waals surface area contributed by atoms with Crippen molar-refractivity contribution in [3.05, 3.63) is 41.5 Å². The fraction of sp³-hybridized carbons (Fsp3) is 0.429. The quantitative estimate of drug-likeness (QED) is 0.918. The summed E-state index contributed by atoms with van der Waals surface area (Å²) in [4.78, 5) is 4.34. The molecule has 0 fully saturated rings. The van der Waals surface area contributed by atoms with Crippen LogP contribution in [-0.4, -0.2) is 17.3 Å². The first kappa shape index (κ1) is 16.5. The van der Waals surface area contributed by atoms with E-state index in [-0.39, 0.29) is 24.4 Å². The SMILES string of the molecule is COc1ccc(Cc2noc([C@@H](N)C(C)C)n2)cc1.Cl. The Balaban J connectivity index is 0.00000200. The van der Waals surface area contributed by atoms with E-state index < -0.39 is 0 Å². The zero-order valence-corrected chi connectivity index (χ0v) is 12.7. The largest absolute Gasteiger partial charge is 0.497 e. The smallest absolute Gasteiger partial charge is 0.243 e. The lowest BCUT2D eigenvalue weighted by Gasteiger charge is -2.09. The second-order valence-corrected chi connectivity index (χ2v) is 4.84. The van der Waals surface area contributed by atoms with Gasteiger partial charge < -0.3 is 15.0 Å². The van der Waals surface area contributed by atoms with Crippen molar-refractivity contribution in [2.24, 2.45) is 11.7 Å². The van der Waals surface area contributed by atoms with E-state index >= 15 is 0 Å². The Morgan fingerprint density at radius 1 is 1.25 bits per heavy atom. The highest BCUT2D eigenvalue weighted by Crippen LogP contribution is 2.18. The molecule has 110 valence electrons. The summed E-state index contributed by atoms with van der Waals surface area (Å²) in [5.41, 5.74) is 7.07. The minimum atomic E-state index is -0.211. The molecule has 5 nitrogen and oxygen atoms in total. The summed E-state index contributed by atoms with van der Waals surface area (Å²) in [6, 6.07) is 7.58. The van der Waals surface area contributed by atoms with Crippen molar-refractivity contribution in [3.8, 4) is 5.75 Å². The molecule has 1 atom stereocenters. The van der Waals surface area contributed by atoms with Crippen LogP contribution in [0.1, 0.15) is 37.2 Å². The topological polar surface area (TPSA) is 74.2 Å². The number of methoxy groups -OCH3 is 1. The number of nitrogens with zero attached hydrogens (tertiary/aromatic N) is 2. The minimum Gasteiger partial charge on any atom is -0.497 e. The van der Waals surface area contributed by atoms with Gasteiger partial charge in [0.1, 0.15) is 5.75 Å². The molecule has 0 spiro atoms. The molecule has 2 N–H and O–H groups in total. The monoisotopic (exact) mass is 297 g/mol. The first-order chi connectivity index (χ1) is 9.10. The first-order valence-electron chi connectivity index (χ1n) is 6.31. The number of halogens is 1. The maximum Gasteiger partial charge on any atom is 0.243 e. The lowest BCUT2D eigenvalue weighted by atomic mass is 10.1. The third-order valence-corrected chi connectivity index (χ3v) is 3.01. The zero-order valence-electron chi connectivity index (χ0n) is 11.9. The van der Waals surface area contributed by atoms with E-state index in [1.54, 1.807) is 7.11 Å². The lowest BCUT2D eigenvalue weighted by molar-refractivity contribution is 0.322. The van der Waals surface area contributed by atoms with Crippen LogP contribution in [-0.2, 0) is 6.42 Å². The van der Waals surface area contributed by atoms with Crippen molar-refractivity contribution in [2.75, 3.05) is 7.11 Å². The van der Waals surface area contributed by atoms with Gasteiger partial charge in [0.25, 0.3) is 0 Å². The summed E-state index contributed by atoms with van der Waals surface area (Å²) in [5.74, 6) is 2.25. The predicted octanol–water partition coefficient (Wildman–Crippen LogP) is 2.75. The molecule has 0 unspecified atom stereocenters. The van der Waals surface area contributed by atoms with Crippen LogP contribution in [0.4, 0.5) is 0 Å². The zero-order chi connectivity index (χ0) is 13.8. The minimum absolute atomic E-state index is 0. The van der Waals surface area contributed by atoms with E-state index in [1.807, 2.05) is 38.1 Å². The Hall–Kier alpha value is -1.59. The summed E-state index contributed by atoms with van der Waals surface area (Å²) in [5, 5.41) is 3.96. The predicted molar refractivity (Wildman–Crippen MR) is 79.1 cm³/mol. The van der Waals surface area contributed by atoms with Crippen molar-refractivity contribution in [2.45, 2.75) is 26.3 Å². The Bertz CT molecular complexity index is 525. The Labute approximate surface area is 124 Å². The van der Waals surface area contributed by atoms with E-state index in [0.717, 1.165) is 11.3 Å². The maximum absolute atomic E-state index is 5.97. The Morgan fingerprint density at radius 3 is 2.45 bits per heavy atom. The highest BCUT2D eigenvalue weighted by molar-refractivity contribution is 5.85. The van der Waals surface area contributed by atoms with Gasteiger partial charge in [-0.1, -0.05) is 31.1 Å². The first-order valence-corrected chi connectivity index (χ1v) is 6.31. The molecule has 0 saturated heterocycles. The van der Waals surface area contributed by atoms with Crippen LogP contribution in [0.25, 0.3) is 0 Å². The third-order valence-electron chi connectivity index (χ3n) is 3.01. The Morgan fingerprint density at radius 2 is 1.90 bits per heavy atom. The van der Waals surface area contributed by atoms with Crippen molar-refractivity contribution < 1.29 is 9.26 Å². The summed E-state index contributed by atoms with van der Waals surface area (Å²) >= 11 is 0. The van der Waals surface area contributed by atoms with Crippen LogP contribution in [0.5, 0.6) is 5.75 Å². The fourth-order valence-electron chi connectivity index (χ4n) is 1.69. The molecule has 2 aromatic rings. The number of rotatable bonds is 5. The van der Waals surface area contributed by atoms with Crippen LogP contribution in [0.15, 0.2) is 28.8 Å². The molecule has 1 aromatic heterocycles. The summed E-state index contributed by atoms with van der Waals surface area (Å²) in [6.45, 7) is 4.05. The molecule has 0 aliphatic rings. The summed E-state index contributed by atoms with van der Waals surface area (Å²) in [7, 11) is 1.65. The van der Waals surface area contributed by atoms with Gasteiger partial charge >= 0.3 is 0 Å². The van der Waals surface area contributed by atoms with Gasteiger partial charge in [0.05, 0.1) is 13.2 Å². The lowest BCUT2D eigenvalue weighted by Crippen LogP contribution is -2.17. The van der Waals surface area contributed by atoms with Crippen molar-refractivity contribution in [1.29, 1.82) is 0 Å². The summed E-state index contributed by atoms with van der Waals surface area (Å²) < 4.78 is 10.3. The highest BCUT2D eigenvalue weighted by Gasteiger charge is 2.17. The van der Waals surface area contributed by atoms with Gasteiger partial charge in [-0.15, -0.1) is 12.4 Å². The maximum atomic E-state index is 5.97. The normalized spacial score (nSPS) is 12.1. The van der Waals surface area contributed by atoms with Gasteiger partial charge in [0.15, 0.2) is 5.82 Å². The fourth-order valence-corrected chi connectivity index (χ4v) is 1.69. The van der Waals surface area contributed by atoms with Crippen molar-refractivity contribution in [1.82, 2.24) is 10.1 Å². The van der Waals surface area contributed by atoms with Crippen molar-refractivity contribution in [3.63, 3.8) is 0 Å². The second-order valence-electron chi connectivity index (χ2n) is 4.84. The number of hydrogen-bond donors (Lipinski definition) is 1. The standard InChI is InChI=1S/C14H19N3O2.ClH/c1-9(2)13(15)14-16-12(17-19-14)8-10-4-6-11(18-3)7-5-10;/h4-7,9,13H,8,15H2,1-3H3;1H/t13-;/m0./s1. The van der Waals surface area contributed by atoms with Crippen LogP contribution in [0.3, 0.4) is 0 Å². The Kier molecular flexibility index (Phi) is 5.98. The van der Waals surface area contributed by atoms with E-state index in [4.69, 9.17) is 15.0 Å². The molecule has 0 aliphatic carbocycles. The number of aromatic nitrogens is 2. The average molecular weight is 298 g/mol. The van der Waals surface area contributed by atoms with E-state index in [1.165, 1.54) is 0 Å². The molecule has 0 radical (unpaired) electrons. The molecule has 0 aliphatic heterocycles. The molecule has 1 heterocycles. The molecule has 0 bridgehead atoms. The number of hydrogen-bond acceptors (Lipinski definition) is 5. The third kappa shape index (κ3) is 3.95. The number of nitrogens with two attached hydrogens (primary N) is 1. The van der Waals surface area contributed by atoms with Crippen LogP contribution < -0.4 is 10.5 Å². The van der Waals surface area contributed by atoms with Gasteiger partial charge in [0.2, 0.25) is 5.89 Å². The van der Waals surface area contributed by atoms with Gasteiger partial charge in [-0.3, -0.25) is 0 Å². The van der Waals surface area contributed by atoms with Gasteiger partial charge in [-0.2, -0.15) is 4.98 Å². The molecular formula is C14H20ClN3O2. The number of benzene rings is 1. The summed E-state index contributed by atoms with van der Waals surface area (Å²) in [6.07, 6.45) is 0.623. The number of ether oxygens (including phenoxy) is 1. The molecule has 20 heavy (non-hydrogen) atoms. The van der Waals surface area contributed by atoms with E-state index in [2.05, 4.69) is 10.1 Å². The average Bonchev–Trinajstić information content (AvgIpc) is 2.87. The second kappa shape index (κ2) is 7.26. The van der Waals surface area contributed by atoms with Gasteiger partial charge in [0, 0.05) is 6.42 Å². The van der Waals surface area contributed by atoms with E-state index in [9.17, 15) is 0 Å².